The van der Waals surface area contributed by atoms with E-state index < -0.39 is 57.4 Å². The summed E-state index contributed by atoms with van der Waals surface area (Å²) in [7, 11) is 10.1. The highest BCUT2D eigenvalue weighted by Crippen LogP contribution is 2.68. The van der Waals surface area contributed by atoms with Gasteiger partial charge < -0.3 is 49.1 Å². The highest BCUT2D eigenvalue weighted by molar-refractivity contribution is 5.96. The van der Waals surface area contributed by atoms with Gasteiger partial charge in [-0.15, -0.1) is 0 Å². The summed E-state index contributed by atoms with van der Waals surface area (Å²) in [6.07, 6.45) is 6.01. The summed E-state index contributed by atoms with van der Waals surface area (Å²) in [5, 5.41) is 18.0. The molecule has 3 fully saturated rings. The van der Waals surface area contributed by atoms with Crippen molar-refractivity contribution in [2.24, 2.45) is 11.3 Å². The molecule has 2 bridgehead atoms. The van der Waals surface area contributed by atoms with Crippen LogP contribution >= 0.6 is 0 Å². The fourth-order valence-corrected chi connectivity index (χ4v) is 14.9. The van der Waals surface area contributed by atoms with Crippen LogP contribution in [0.4, 0.5) is 11.4 Å². The summed E-state index contributed by atoms with van der Waals surface area (Å²) in [6, 6.07) is 18.6. The largest absolute Gasteiger partial charge is 0.496 e. The van der Waals surface area contributed by atoms with Crippen molar-refractivity contribution in [2.75, 3.05) is 85.0 Å². The summed E-state index contributed by atoms with van der Waals surface area (Å²) in [5.41, 5.74) is 0.0303. The normalized spacial score (nSPS) is 32.8. The Morgan fingerprint density at radius 3 is 2.33 bits per heavy atom. The average molecular weight is 957 g/mol. The van der Waals surface area contributed by atoms with Crippen LogP contribution in [0.1, 0.15) is 85.6 Å². The first-order valence-electron chi connectivity index (χ1n) is 24.9. The number of aromatic nitrogens is 1. The number of amides is 1. The Kier molecular flexibility index (Phi) is 11.7. The molecule has 0 radical (unpaired) electrons. The van der Waals surface area contributed by atoms with E-state index in [9.17, 15) is 19.5 Å². The average Bonchev–Trinajstić information content (AvgIpc) is 4.03. The Balaban J connectivity index is 1.20. The van der Waals surface area contributed by atoms with Gasteiger partial charge in [0, 0.05) is 116 Å². The van der Waals surface area contributed by atoms with Gasteiger partial charge in [0.05, 0.1) is 32.9 Å². The first kappa shape index (κ1) is 47.8. The Labute approximate surface area is 410 Å². The highest BCUT2D eigenvalue weighted by atomic mass is 16.6. The third-order valence-corrected chi connectivity index (χ3v) is 17.7. The Hall–Kier alpha value is -5.90. The summed E-state index contributed by atoms with van der Waals surface area (Å²) in [6.45, 7) is 8.74. The van der Waals surface area contributed by atoms with Crippen LogP contribution in [0, 0.1) is 11.3 Å². The molecule has 10 atom stereocenters. The maximum atomic E-state index is 15.7. The van der Waals surface area contributed by atoms with Gasteiger partial charge in [0.2, 0.25) is 5.60 Å². The number of piperidine rings is 1. The lowest BCUT2D eigenvalue weighted by Gasteiger charge is -2.63. The zero-order chi connectivity index (χ0) is 49.7. The number of aliphatic hydroxyl groups is 1. The second-order valence-electron chi connectivity index (χ2n) is 21.2. The number of hydrogen-bond acceptors (Lipinski definition) is 13. The maximum absolute atomic E-state index is 15.7. The Morgan fingerprint density at radius 1 is 0.914 bits per heavy atom. The van der Waals surface area contributed by atoms with E-state index in [0.717, 1.165) is 39.1 Å². The van der Waals surface area contributed by atoms with Gasteiger partial charge in [-0.2, -0.15) is 0 Å². The number of rotatable bonds is 10. The molecule has 372 valence electrons. The number of benzene rings is 3. The second kappa shape index (κ2) is 17.2. The van der Waals surface area contributed by atoms with Crippen LogP contribution in [0.3, 0.4) is 0 Å². The lowest BCUT2D eigenvalue weighted by molar-refractivity contribution is -0.228. The number of likely N-dealkylation sites (N-methyl/N-ethyl adjacent to an activating group) is 1. The van der Waals surface area contributed by atoms with Crippen molar-refractivity contribution in [3.05, 3.63) is 101 Å². The predicted octanol–water partition coefficient (Wildman–Crippen LogP) is 5.49. The zero-order valence-corrected chi connectivity index (χ0v) is 42.0. The molecule has 2 saturated heterocycles. The molecule has 3 N–H and O–H groups in total. The van der Waals surface area contributed by atoms with Crippen molar-refractivity contribution in [2.45, 2.75) is 99.5 Å². The minimum absolute atomic E-state index is 0.130. The fraction of sp³-hybridized carbons (Fsp3) is 0.527. The molecular weight excluding hydrogens is 889 g/mol. The molecule has 4 aromatic rings. The van der Waals surface area contributed by atoms with Crippen molar-refractivity contribution in [3.8, 4) is 5.75 Å². The predicted molar refractivity (Wildman–Crippen MR) is 266 cm³/mol. The van der Waals surface area contributed by atoms with Gasteiger partial charge in [0.25, 0.3) is 5.91 Å². The van der Waals surface area contributed by atoms with Gasteiger partial charge in [0.1, 0.15) is 11.2 Å². The molecule has 5 aliphatic heterocycles. The van der Waals surface area contributed by atoms with Crippen molar-refractivity contribution < 1.29 is 43.2 Å². The molecule has 15 nitrogen and oxygen atoms in total. The smallest absolute Gasteiger partial charge is 0.344 e. The lowest BCUT2D eigenvalue weighted by Crippen LogP contribution is -2.81. The number of methoxy groups -OCH3 is 3. The number of ether oxygens (including phenoxy) is 4. The maximum Gasteiger partial charge on any atom is 0.344 e. The number of para-hydroxylation sites is 1. The molecule has 1 unspecified atom stereocenters. The van der Waals surface area contributed by atoms with E-state index in [1.807, 2.05) is 86.4 Å². The van der Waals surface area contributed by atoms with Crippen molar-refractivity contribution >= 4 is 46.1 Å². The molecule has 1 aromatic heterocycles. The minimum atomic E-state index is -2.33. The topological polar surface area (TPSA) is 166 Å². The summed E-state index contributed by atoms with van der Waals surface area (Å²) in [5.74, 6) is -1.78. The molecule has 70 heavy (non-hydrogen) atoms. The number of aromatic amines is 1. The zero-order valence-electron chi connectivity index (χ0n) is 42.0. The Bertz CT molecular complexity index is 2790. The van der Waals surface area contributed by atoms with Crippen LogP contribution in [-0.4, -0.2) is 148 Å². The standard InChI is InChI=1S/C55H68N6O9/c1-10-51(57-45(63)35-17-19-36(20-18-35)58(4)5)29-34-30-54(49(64)68-8,44-38(21-25-60(31-34)32-51)37-15-12-13-16-41(37)56-44)40-27-39-42(28-43(40)67-7)59(6)47-53(39)23-26-61-24-14-22-52(11-2,46(53)61)48(70-33(3)62)55(47,66)50(65)69-9/h12-20,22,27-28,34,46-48,56,66H,10-11,21,23-26,29-32H2,1-9H3,(H,57,63)/t34-,46+,47-,48-,51+,52-,53-,54+,55+/m1/s1. The van der Waals surface area contributed by atoms with E-state index in [-0.39, 0.29) is 17.9 Å². The number of nitrogens with one attached hydrogen (secondary N) is 2. The molecule has 3 aromatic carbocycles. The van der Waals surface area contributed by atoms with E-state index >= 15 is 4.79 Å². The van der Waals surface area contributed by atoms with Crippen LogP contribution in [-0.2, 0) is 45.8 Å². The first-order valence-corrected chi connectivity index (χ1v) is 24.9. The molecule has 1 amide bonds. The van der Waals surface area contributed by atoms with E-state index in [2.05, 4.69) is 51.3 Å². The van der Waals surface area contributed by atoms with Gasteiger partial charge in [-0.05, 0) is 98.5 Å². The second-order valence-corrected chi connectivity index (χ2v) is 21.2. The molecular formula is C55H68N6O9. The van der Waals surface area contributed by atoms with Gasteiger partial charge in [-0.25, -0.2) is 4.79 Å². The molecule has 1 aliphatic carbocycles. The fourth-order valence-electron chi connectivity index (χ4n) is 14.9. The van der Waals surface area contributed by atoms with Crippen LogP contribution in [0.5, 0.6) is 5.75 Å². The van der Waals surface area contributed by atoms with Gasteiger partial charge in [0.15, 0.2) is 6.10 Å². The molecule has 10 rings (SSSR count). The number of anilines is 2. The summed E-state index contributed by atoms with van der Waals surface area (Å²) < 4.78 is 24.3. The molecule has 1 spiro atoms. The summed E-state index contributed by atoms with van der Waals surface area (Å²) in [4.78, 5) is 70.4. The van der Waals surface area contributed by atoms with Gasteiger partial charge in [-0.3, -0.25) is 19.3 Å². The third kappa shape index (κ3) is 6.62. The quantitative estimate of drug-likeness (QED) is 0.104. The van der Waals surface area contributed by atoms with Crippen molar-refractivity contribution in [3.63, 3.8) is 0 Å². The Morgan fingerprint density at radius 2 is 1.66 bits per heavy atom. The SMILES string of the molecule is CC[C@]1(NC(=O)c2ccc(N(C)C)cc2)C[C@H]2CN(CCc3c([nH]c4ccccc34)[C@@](C(=O)OC)(c3cc4c(cc3OC)N(C)[C@H]3[C@@](O)(C(=O)OC)[C@H](OC(C)=O)[C@]5(CC)C=CCN6CC[C@]43[C@@H]65)C2)C1. The summed E-state index contributed by atoms with van der Waals surface area (Å²) >= 11 is 0. The lowest BCUT2D eigenvalue weighted by atomic mass is 9.47. The van der Waals surface area contributed by atoms with Gasteiger partial charge >= 0.3 is 17.9 Å². The monoisotopic (exact) mass is 957 g/mol. The number of nitrogens with zero attached hydrogens (tertiary/aromatic N) is 4. The number of hydrogen-bond donors (Lipinski definition) is 3. The van der Waals surface area contributed by atoms with Crippen molar-refractivity contribution in [1.82, 2.24) is 20.1 Å². The molecule has 15 heteroatoms. The third-order valence-electron chi connectivity index (χ3n) is 17.7. The number of carbonyl (C=O) groups excluding carboxylic acids is 4. The van der Waals surface area contributed by atoms with Crippen LogP contribution in [0.25, 0.3) is 10.9 Å². The van der Waals surface area contributed by atoms with E-state index in [1.54, 1.807) is 7.11 Å². The first-order chi connectivity index (χ1) is 33.5. The number of esters is 3. The molecule has 6 aliphatic rings. The van der Waals surface area contributed by atoms with Crippen LogP contribution in [0.2, 0.25) is 0 Å². The number of fused-ring (bicyclic) bond motifs is 6. The minimum Gasteiger partial charge on any atom is -0.496 e. The van der Waals surface area contributed by atoms with E-state index in [1.165, 1.54) is 21.1 Å². The number of H-pyrrole nitrogens is 1. The van der Waals surface area contributed by atoms with E-state index in [4.69, 9.17) is 18.9 Å². The van der Waals surface area contributed by atoms with Crippen LogP contribution in [0.15, 0.2) is 72.8 Å². The number of carbonyl (C=O) groups is 4. The molecule has 1 saturated carbocycles. The van der Waals surface area contributed by atoms with Crippen LogP contribution < -0.4 is 19.9 Å². The highest BCUT2D eigenvalue weighted by Gasteiger charge is 2.80. The van der Waals surface area contributed by atoms with E-state index in [0.29, 0.717) is 88.1 Å². The van der Waals surface area contributed by atoms with Crippen molar-refractivity contribution in [1.29, 1.82) is 0 Å². The molecule has 6 heterocycles. The van der Waals surface area contributed by atoms with Gasteiger partial charge in [-0.1, -0.05) is 44.2 Å².